The number of sulfonamides is 1. The number of hydrogen-bond acceptors (Lipinski definition) is 6. The molecule has 0 amide bonds. The highest BCUT2D eigenvalue weighted by atomic mass is 35.5. The van der Waals surface area contributed by atoms with Gasteiger partial charge in [-0.25, -0.2) is 13.2 Å². The number of carbonyl (C=O) groups excluding carboxylic acids is 2. The molecule has 3 rings (SSSR count). The van der Waals surface area contributed by atoms with Gasteiger partial charge in [0.15, 0.2) is 12.4 Å². The van der Waals surface area contributed by atoms with Crippen LogP contribution in [0.1, 0.15) is 26.3 Å². The van der Waals surface area contributed by atoms with E-state index < -0.39 is 35.0 Å². The summed E-state index contributed by atoms with van der Waals surface area (Å²) in [4.78, 5) is 24.7. The van der Waals surface area contributed by atoms with Crippen LogP contribution in [0.15, 0.2) is 77.7 Å². The first-order chi connectivity index (χ1) is 16.6. The predicted octanol–water partition coefficient (Wildman–Crippen LogP) is 4.80. The molecule has 0 aliphatic rings. The van der Waals surface area contributed by atoms with Crippen LogP contribution in [-0.4, -0.2) is 44.7 Å². The van der Waals surface area contributed by atoms with Crippen LogP contribution in [-0.2, 0) is 21.3 Å². The summed E-state index contributed by atoms with van der Waals surface area (Å²) in [6, 6.07) is 17.4. The quantitative estimate of drug-likeness (QED) is 0.280. The molecular weight excluding hydrogens is 504 g/mol. The van der Waals surface area contributed by atoms with E-state index in [9.17, 15) is 26.8 Å². The molecule has 35 heavy (non-hydrogen) atoms. The molecule has 0 aliphatic carbocycles. The molecule has 0 N–H and O–H groups in total. The Kier molecular flexibility index (Phi) is 8.55. The fourth-order valence-electron chi connectivity index (χ4n) is 3.04. The Morgan fingerprint density at radius 1 is 1.00 bits per heavy atom. The molecule has 11 heteroatoms. The number of nitrogens with zero attached hydrogens (tertiary/aromatic N) is 1. The van der Waals surface area contributed by atoms with Crippen LogP contribution in [0.3, 0.4) is 0 Å². The number of ketones is 1. The SMILES string of the molecule is CN(Cc1ccccc1)S(=O)(=O)c1ccc(Cl)c(C(=O)OCC(=O)c2ccc(OC(F)F)cc2)c1. The fourth-order valence-corrected chi connectivity index (χ4v) is 4.42. The van der Waals surface area contributed by atoms with E-state index in [0.29, 0.717) is 0 Å². The first-order valence-corrected chi connectivity index (χ1v) is 11.9. The molecule has 7 nitrogen and oxygen atoms in total. The Morgan fingerprint density at radius 2 is 1.66 bits per heavy atom. The van der Waals surface area contributed by atoms with Crippen molar-refractivity contribution in [1.29, 1.82) is 0 Å². The van der Waals surface area contributed by atoms with Gasteiger partial charge in [0, 0.05) is 19.2 Å². The van der Waals surface area contributed by atoms with Gasteiger partial charge in [-0.3, -0.25) is 4.79 Å². The molecule has 0 aliphatic heterocycles. The molecule has 0 saturated carbocycles. The van der Waals surface area contributed by atoms with Gasteiger partial charge in [-0.2, -0.15) is 13.1 Å². The van der Waals surface area contributed by atoms with Crippen LogP contribution in [0, 0.1) is 0 Å². The van der Waals surface area contributed by atoms with E-state index in [2.05, 4.69) is 4.74 Å². The molecule has 0 saturated heterocycles. The largest absolute Gasteiger partial charge is 0.454 e. The van der Waals surface area contributed by atoms with Crippen LogP contribution >= 0.6 is 11.6 Å². The molecule has 3 aromatic carbocycles. The zero-order valence-electron chi connectivity index (χ0n) is 18.4. The van der Waals surface area contributed by atoms with Gasteiger partial charge in [-0.05, 0) is 48.0 Å². The first-order valence-electron chi connectivity index (χ1n) is 10.1. The molecule has 184 valence electrons. The second-order valence-corrected chi connectivity index (χ2v) is 9.74. The average molecular weight is 524 g/mol. The summed E-state index contributed by atoms with van der Waals surface area (Å²) in [6.07, 6.45) is 0. The maximum absolute atomic E-state index is 13.0. The number of halogens is 3. The van der Waals surface area contributed by atoms with Gasteiger partial charge in [0.25, 0.3) is 0 Å². The second-order valence-electron chi connectivity index (χ2n) is 7.29. The molecule has 0 bridgehead atoms. The number of Topliss-reactive ketones (excluding diaryl/α,β-unsaturated/α-hetero) is 1. The van der Waals surface area contributed by atoms with Gasteiger partial charge in [0.1, 0.15) is 5.75 Å². The van der Waals surface area contributed by atoms with Gasteiger partial charge >= 0.3 is 12.6 Å². The highest BCUT2D eigenvalue weighted by Crippen LogP contribution is 2.24. The molecule has 0 heterocycles. The summed E-state index contributed by atoms with van der Waals surface area (Å²) in [6.45, 7) is -3.56. The Morgan fingerprint density at radius 3 is 2.29 bits per heavy atom. The van der Waals surface area contributed by atoms with Crippen molar-refractivity contribution in [1.82, 2.24) is 4.31 Å². The Labute approximate surface area is 205 Å². The zero-order valence-corrected chi connectivity index (χ0v) is 19.9. The van der Waals surface area contributed by atoms with Crippen LogP contribution in [0.4, 0.5) is 8.78 Å². The third kappa shape index (κ3) is 6.84. The van der Waals surface area contributed by atoms with Gasteiger partial charge in [-0.1, -0.05) is 41.9 Å². The summed E-state index contributed by atoms with van der Waals surface area (Å²) in [7, 11) is -2.55. The Hall–Kier alpha value is -3.34. The van der Waals surface area contributed by atoms with E-state index in [1.165, 1.54) is 43.4 Å². The minimum absolute atomic E-state index is 0.0550. The maximum atomic E-state index is 13.0. The summed E-state index contributed by atoms with van der Waals surface area (Å²) >= 11 is 6.07. The minimum Gasteiger partial charge on any atom is -0.454 e. The van der Waals surface area contributed by atoms with E-state index >= 15 is 0 Å². The van der Waals surface area contributed by atoms with Crippen molar-refractivity contribution in [2.75, 3.05) is 13.7 Å². The van der Waals surface area contributed by atoms with E-state index in [0.717, 1.165) is 15.9 Å². The van der Waals surface area contributed by atoms with E-state index in [4.69, 9.17) is 16.3 Å². The number of alkyl halides is 2. The lowest BCUT2D eigenvalue weighted by Gasteiger charge is -2.18. The highest BCUT2D eigenvalue weighted by Gasteiger charge is 2.24. The van der Waals surface area contributed by atoms with Gasteiger partial charge in [0.05, 0.1) is 15.5 Å². The standard InChI is InChI=1S/C24H20ClF2NO6S/c1-28(14-16-5-3-2-4-6-16)35(31,32)19-11-12-21(25)20(13-19)23(30)33-15-22(29)17-7-9-18(10-8-17)34-24(26)27/h2-13,24H,14-15H2,1H3. The van der Waals surface area contributed by atoms with Crippen LogP contribution < -0.4 is 4.74 Å². The number of esters is 1. The van der Waals surface area contributed by atoms with Gasteiger partial charge in [0.2, 0.25) is 10.0 Å². The molecular formula is C24H20ClF2NO6S. The Balaban J connectivity index is 1.69. The van der Waals surface area contributed by atoms with Crippen LogP contribution in [0.25, 0.3) is 0 Å². The molecule has 3 aromatic rings. The molecule has 0 aromatic heterocycles. The lowest BCUT2D eigenvalue weighted by molar-refractivity contribution is -0.0498. The molecule has 0 atom stereocenters. The van der Waals surface area contributed by atoms with Gasteiger partial charge < -0.3 is 9.47 Å². The summed E-state index contributed by atoms with van der Waals surface area (Å²) in [5, 5.41) is -0.0550. The van der Waals surface area contributed by atoms with Crippen molar-refractivity contribution in [3.63, 3.8) is 0 Å². The molecule has 0 unspecified atom stereocenters. The lowest BCUT2D eigenvalue weighted by Crippen LogP contribution is -2.26. The van der Waals surface area contributed by atoms with Crippen molar-refractivity contribution < 1.29 is 36.3 Å². The molecule has 0 fully saturated rings. The minimum atomic E-state index is -3.96. The topological polar surface area (TPSA) is 90.0 Å². The smallest absolute Gasteiger partial charge is 0.387 e. The van der Waals surface area contributed by atoms with Crippen molar-refractivity contribution in [3.05, 3.63) is 94.5 Å². The first kappa shape index (κ1) is 26.3. The van der Waals surface area contributed by atoms with Gasteiger partial charge in [-0.15, -0.1) is 0 Å². The van der Waals surface area contributed by atoms with E-state index in [1.807, 2.05) is 6.07 Å². The number of hydrogen-bond donors (Lipinski definition) is 0. The normalized spacial score (nSPS) is 11.5. The van der Waals surface area contributed by atoms with Crippen LogP contribution in [0.5, 0.6) is 5.75 Å². The molecule has 0 spiro atoms. The maximum Gasteiger partial charge on any atom is 0.387 e. The number of carbonyl (C=O) groups is 2. The van der Waals surface area contributed by atoms with Crippen molar-refractivity contribution in [3.8, 4) is 5.75 Å². The van der Waals surface area contributed by atoms with Crippen molar-refractivity contribution >= 4 is 33.4 Å². The van der Waals surface area contributed by atoms with E-state index in [1.54, 1.807) is 24.3 Å². The third-order valence-corrected chi connectivity index (χ3v) is 6.98. The van der Waals surface area contributed by atoms with Crippen molar-refractivity contribution in [2.45, 2.75) is 18.1 Å². The predicted molar refractivity (Wildman–Crippen MR) is 124 cm³/mol. The number of benzene rings is 3. The second kappa shape index (κ2) is 11.4. The fraction of sp³-hybridized carbons (Fsp3) is 0.167. The summed E-state index contributed by atoms with van der Waals surface area (Å²) < 4.78 is 60.8. The molecule has 0 radical (unpaired) electrons. The Bertz CT molecular complexity index is 1300. The average Bonchev–Trinajstić information content (AvgIpc) is 2.83. The monoisotopic (exact) mass is 523 g/mol. The lowest BCUT2D eigenvalue weighted by atomic mass is 10.1. The number of ether oxygens (including phenoxy) is 2. The van der Waals surface area contributed by atoms with Crippen molar-refractivity contribution in [2.24, 2.45) is 0 Å². The summed E-state index contributed by atoms with van der Waals surface area (Å²) in [5.74, 6) is -1.73. The van der Waals surface area contributed by atoms with E-state index in [-0.39, 0.29) is 33.3 Å². The third-order valence-electron chi connectivity index (χ3n) is 4.85. The zero-order chi connectivity index (χ0) is 25.6. The summed E-state index contributed by atoms with van der Waals surface area (Å²) in [5.41, 5.74) is 0.651. The van der Waals surface area contributed by atoms with Crippen LogP contribution in [0.2, 0.25) is 5.02 Å². The number of rotatable bonds is 10. The highest BCUT2D eigenvalue weighted by molar-refractivity contribution is 7.89.